The molecule has 0 radical (unpaired) electrons. The van der Waals surface area contributed by atoms with Gasteiger partial charge < -0.3 is 9.47 Å². The first-order valence-corrected chi connectivity index (χ1v) is 7.70. The molecule has 1 heterocycles. The van der Waals surface area contributed by atoms with Crippen molar-refractivity contribution in [1.82, 2.24) is 0 Å². The van der Waals surface area contributed by atoms with Crippen LogP contribution in [0.15, 0.2) is 30.3 Å². The SMILES string of the molecule is O=C(OCc1ccccc1)C1CCOC(CI)C1. The van der Waals surface area contributed by atoms with Crippen LogP contribution in [0.4, 0.5) is 0 Å². The van der Waals surface area contributed by atoms with Gasteiger partial charge in [0.25, 0.3) is 0 Å². The molecule has 1 aliphatic heterocycles. The Balaban J connectivity index is 1.81. The molecule has 0 aliphatic carbocycles. The van der Waals surface area contributed by atoms with Crippen molar-refractivity contribution in [2.45, 2.75) is 25.6 Å². The number of hydrogen-bond acceptors (Lipinski definition) is 3. The Hall–Kier alpha value is -0.620. The molecule has 3 nitrogen and oxygen atoms in total. The monoisotopic (exact) mass is 360 g/mol. The molecular weight excluding hydrogens is 343 g/mol. The van der Waals surface area contributed by atoms with Gasteiger partial charge in [-0.15, -0.1) is 0 Å². The van der Waals surface area contributed by atoms with Crippen molar-refractivity contribution in [2.24, 2.45) is 5.92 Å². The van der Waals surface area contributed by atoms with E-state index < -0.39 is 0 Å². The average molecular weight is 360 g/mol. The maximum Gasteiger partial charge on any atom is 0.309 e. The molecule has 2 unspecified atom stereocenters. The highest BCUT2D eigenvalue weighted by atomic mass is 127. The summed E-state index contributed by atoms with van der Waals surface area (Å²) >= 11 is 2.29. The average Bonchev–Trinajstić information content (AvgIpc) is 2.46. The zero-order chi connectivity index (χ0) is 12.8. The van der Waals surface area contributed by atoms with Crippen LogP contribution in [0.25, 0.3) is 0 Å². The van der Waals surface area contributed by atoms with Crippen LogP contribution in [0.5, 0.6) is 0 Å². The molecule has 1 saturated heterocycles. The summed E-state index contributed by atoms with van der Waals surface area (Å²) in [6, 6.07) is 9.78. The predicted octanol–water partition coefficient (Wildman–Crippen LogP) is 2.96. The lowest BCUT2D eigenvalue weighted by Gasteiger charge is -2.27. The molecule has 4 heteroatoms. The summed E-state index contributed by atoms with van der Waals surface area (Å²) in [6.45, 7) is 1.03. The van der Waals surface area contributed by atoms with E-state index in [0.717, 1.165) is 22.8 Å². The van der Waals surface area contributed by atoms with Gasteiger partial charge in [-0.2, -0.15) is 0 Å². The molecule has 18 heavy (non-hydrogen) atoms. The summed E-state index contributed by atoms with van der Waals surface area (Å²) in [6.07, 6.45) is 1.77. The molecule has 0 N–H and O–H groups in total. The van der Waals surface area contributed by atoms with Gasteiger partial charge in [0.05, 0.1) is 12.0 Å². The van der Waals surface area contributed by atoms with Crippen molar-refractivity contribution in [3.8, 4) is 0 Å². The largest absolute Gasteiger partial charge is 0.461 e. The van der Waals surface area contributed by atoms with Crippen LogP contribution in [0.2, 0.25) is 0 Å². The molecule has 0 amide bonds. The third kappa shape index (κ3) is 3.95. The Kier molecular flexibility index (Phi) is 5.44. The van der Waals surface area contributed by atoms with Gasteiger partial charge in [-0.05, 0) is 18.4 Å². The minimum Gasteiger partial charge on any atom is -0.461 e. The normalized spacial score (nSPS) is 23.6. The summed E-state index contributed by atoms with van der Waals surface area (Å²) < 4.78 is 11.8. The molecule has 1 fully saturated rings. The third-order valence-corrected chi connectivity index (χ3v) is 4.08. The lowest BCUT2D eigenvalue weighted by atomic mass is 9.96. The van der Waals surface area contributed by atoms with E-state index in [1.165, 1.54) is 0 Å². The molecule has 0 bridgehead atoms. The molecule has 2 rings (SSSR count). The predicted molar refractivity (Wildman–Crippen MR) is 77.6 cm³/mol. The van der Waals surface area contributed by atoms with E-state index in [1.807, 2.05) is 30.3 Å². The second-order valence-electron chi connectivity index (χ2n) is 4.46. The topological polar surface area (TPSA) is 35.5 Å². The minimum atomic E-state index is -0.0861. The molecule has 98 valence electrons. The molecule has 0 saturated carbocycles. The van der Waals surface area contributed by atoms with Crippen LogP contribution in [0.3, 0.4) is 0 Å². The Morgan fingerprint density at radius 1 is 1.39 bits per heavy atom. The first-order valence-electron chi connectivity index (χ1n) is 6.17. The van der Waals surface area contributed by atoms with Gasteiger partial charge in [-0.25, -0.2) is 0 Å². The van der Waals surface area contributed by atoms with E-state index in [2.05, 4.69) is 22.6 Å². The second-order valence-corrected chi connectivity index (χ2v) is 5.34. The van der Waals surface area contributed by atoms with Crippen LogP contribution in [0, 0.1) is 5.92 Å². The molecule has 0 aromatic heterocycles. The summed E-state index contributed by atoms with van der Waals surface area (Å²) in [7, 11) is 0. The van der Waals surface area contributed by atoms with Crippen LogP contribution >= 0.6 is 22.6 Å². The molecule has 0 spiro atoms. The summed E-state index contributed by atoms with van der Waals surface area (Å²) in [5.74, 6) is -0.0840. The molecule has 2 atom stereocenters. The Morgan fingerprint density at radius 3 is 2.89 bits per heavy atom. The number of rotatable bonds is 4. The zero-order valence-electron chi connectivity index (χ0n) is 10.2. The third-order valence-electron chi connectivity index (χ3n) is 3.10. The first kappa shape index (κ1) is 13.8. The number of hydrogen-bond donors (Lipinski definition) is 0. The quantitative estimate of drug-likeness (QED) is 0.471. The van der Waals surface area contributed by atoms with E-state index in [9.17, 15) is 4.79 Å². The van der Waals surface area contributed by atoms with Crippen molar-refractivity contribution in [1.29, 1.82) is 0 Å². The van der Waals surface area contributed by atoms with Crippen LogP contribution in [-0.4, -0.2) is 23.1 Å². The van der Waals surface area contributed by atoms with Crippen molar-refractivity contribution >= 4 is 28.6 Å². The first-order chi connectivity index (χ1) is 8.79. The van der Waals surface area contributed by atoms with Crippen LogP contribution in [-0.2, 0) is 20.9 Å². The zero-order valence-corrected chi connectivity index (χ0v) is 12.3. The van der Waals surface area contributed by atoms with Gasteiger partial charge in [0.2, 0.25) is 0 Å². The number of alkyl halides is 1. The Morgan fingerprint density at radius 2 is 2.17 bits per heavy atom. The van der Waals surface area contributed by atoms with E-state index in [1.54, 1.807) is 0 Å². The maximum absolute atomic E-state index is 12.0. The van der Waals surface area contributed by atoms with E-state index in [-0.39, 0.29) is 18.0 Å². The van der Waals surface area contributed by atoms with Crippen molar-refractivity contribution in [3.63, 3.8) is 0 Å². The van der Waals surface area contributed by atoms with Crippen molar-refractivity contribution < 1.29 is 14.3 Å². The number of carbonyl (C=O) groups is 1. The van der Waals surface area contributed by atoms with Crippen LogP contribution in [0.1, 0.15) is 18.4 Å². The van der Waals surface area contributed by atoms with Gasteiger partial charge in [0, 0.05) is 11.0 Å². The van der Waals surface area contributed by atoms with Gasteiger partial charge >= 0.3 is 5.97 Å². The maximum atomic E-state index is 12.0. The molecule has 1 aliphatic rings. The number of esters is 1. The number of ether oxygens (including phenoxy) is 2. The van der Waals surface area contributed by atoms with E-state index >= 15 is 0 Å². The standard InChI is InChI=1S/C14H17IO3/c15-9-13-8-12(6-7-17-13)14(16)18-10-11-4-2-1-3-5-11/h1-5,12-13H,6-10H2. The van der Waals surface area contributed by atoms with E-state index in [4.69, 9.17) is 9.47 Å². The highest BCUT2D eigenvalue weighted by Gasteiger charge is 2.28. The van der Waals surface area contributed by atoms with Crippen molar-refractivity contribution in [2.75, 3.05) is 11.0 Å². The molecule has 1 aromatic rings. The number of carbonyl (C=O) groups excluding carboxylic acids is 1. The smallest absolute Gasteiger partial charge is 0.309 e. The summed E-state index contributed by atoms with van der Waals surface area (Å²) in [4.78, 5) is 12.0. The Bertz CT molecular complexity index is 380. The lowest BCUT2D eigenvalue weighted by Crippen LogP contribution is -2.32. The van der Waals surface area contributed by atoms with E-state index in [0.29, 0.717) is 13.2 Å². The van der Waals surface area contributed by atoms with Gasteiger partial charge in [0.15, 0.2) is 0 Å². The molecular formula is C14H17IO3. The second kappa shape index (κ2) is 7.09. The van der Waals surface area contributed by atoms with Gasteiger partial charge in [-0.1, -0.05) is 52.9 Å². The fraction of sp³-hybridized carbons (Fsp3) is 0.500. The summed E-state index contributed by atoms with van der Waals surface area (Å²) in [5.41, 5.74) is 1.03. The Labute approximate surface area is 121 Å². The summed E-state index contributed by atoms with van der Waals surface area (Å²) in [5, 5.41) is 0. The van der Waals surface area contributed by atoms with Gasteiger partial charge in [-0.3, -0.25) is 4.79 Å². The fourth-order valence-electron chi connectivity index (χ4n) is 2.05. The number of halogens is 1. The van der Waals surface area contributed by atoms with Gasteiger partial charge in [0.1, 0.15) is 6.61 Å². The molecule has 1 aromatic carbocycles. The van der Waals surface area contributed by atoms with Crippen LogP contribution < -0.4 is 0 Å². The minimum absolute atomic E-state index is 0.00206. The highest BCUT2D eigenvalue weighted by molar-refractivity contribution is 14.1. The lowest BCUT2D eigenvalue weighted by molar-refractivity contribution is -0.154. The number of benzene rings is 1. The highest BCUT2D eigenvalue weighted by Crippen LogP contribution is 2.23. The van der Waals surface area contributed by atoms with Crippen molar-refractivity contribution in [3.05, 3.63) is 35.9 Å². The fourth-order valence-corrected chi connectivity index (χ4v) is 2.66.